The summed E-state index contributed by atoms with van der Waals surface area (Å²) in [6, 6.07) is 6.38. The molecule has 2 rings (SSSR count). The second-order valence-corrected chi connectivity index (χ2v) is 5.35. The topological polar surface area (TPSA) is 29.3 Å². The molecular formula is C11H15ClN2S. The highest BCUT2D eigenvalue weighted by atomic mass is 35.5. The molecule has 1 unspecified atom stereocenters. The lowest BCUT2D eigenvalue weighted by Gasteiger charge is -2.35. The number of nitrogens with zero attached hydrogens (tertiary/aromatic N) is 1. The highest BCUT2D eigenvalue weighted by molar-refractivity contribution is 7.99. The SMILES string of the molecule is CC1CSCCN1c1cccc(Cl)c1N. The van der Waals surface area contributed by atoms with E-state index in [9.17, 15) is 0 Å². The van der Waals surface area contributed by atoms with E-state index in [1.165, 1.54) is 0 Å². The second kappa shape index (κ2) is 4.54. The average Bonchev–Trinajstić information content (AvgIpc) is 2.23. The van der Waals surface area contributed by atoms with Gasteiger partial charge in [0.1, 0.15) is 0 Å². The highest BCUT2D eigenvalue weighted by Gasteiger charge is 2.21. The summed E-state index contributed by atoms with van der Waals surface area (Å²) in [7, 11) is 0. The predicted molar refractivity (Wildman–Crippen MR) is 70.0 cm³/mol. The molecule has 1 aromatic carbocycles. The Balaban J connectivity index is 2.31. The molecule has 1 aliphatic heterocycles. The molecule has 1 heterocycles. The van der Waals surface area contributed by atoms with Gasteiger partial charge < -0.3 is 10.6 Å². The Hall–Kier alpha value is -0.540. The smallest absolute Gasteiger partial charge is 0.0741 e. The van der Waals surface area contributed by atoms with Gasteiger partial charge in [-0.15, -0.1) is 0 Å². The van der Waals surface area contributed by atoms with Crippen molar-refractivity contribution in [3.05, 3.63) is 23.2 Å². The molecule has 1 aromatic rings. The molecule has 0 aromatic heterocycles. The summed E-state index contributed by atoms with van der Waals surface area (Å²) in [4.78, 5) is 2.34. The minimum absolute atomic E-state index is 0.532. The van der Waals surface area contributed by atoms with E-state index in [0.29, 0.717) is 16.8 Å². The Morgan fingerprint density at radius 2 is 2.33 bits per heavy atom. The maximum Gasteiger partial charge on any atom is 0.0741 e. The summed E-state index contributed by atoms with van der Waals surface area (Å²) in [5.41, 5.74) is 7.78. The second-order valence-electron chi connectivity index (χ2n) is 3.79. The van der Waals surface area contributed by atoms with Crippen LogP contribution in [0.1, 0.15) is 6.92 Å². The van der Waals surface area contributed by atoms with E-state index >= 15 is 0 Å². The number of thioether (sulfide) groups is 1. The monoisotopic (exact) mass is 242 g/mol. The first kappa shape index (κ1) is 11.0. The number of nitrogen functional groups attached to an aromatic ring is 1. The molecule has 0 amide bonds. The van der Waals surface area contributed by atoms with Crippen molar-refractivity contribution < 1.29 is 0 Å². The van der Waals surface area contributed by atoms with Crippen molar-refractivity contribution in [1.29, 1.82) is 0 Å². The number of hydrogen-bond donors (Lipinski definition) is 1. The zero-order valence-electron chi connectivity index (χ0n) is 8.74. The number of para-hydroxylation sites is 1. The van der Waals surface area contributed by atoms with Gasteiger partial charge in [0.2, 0.25) is 0 Å². The molecular weight excluding hydrogens is 228 g/mol. The van der Waals surface area contributed by atoms with E-state index in [-0.39, 0.29) is 0 Å². The lowest BCUT2D eigenvalue weighted by Crippen LogP contribution is -2.40. The number of hydrogen-bond acceptors (Lipinski definition) is 3. The molecule has 15 heavy (non-hydrogen) atoms. The Bertz CT molecular complexity index is 356. The van der Waals surface area contributed by atoms with Crippen LogP contribution >= 0.6 is 23.4 Å². The van der Waals surface area contributed by atoms with E-state index in [1.54, 1.807) is 0 Å². The minimum atomic E-state index is 0.532. The van der Waals surface area contributed by atoms with Crippen LogP contribution in [0.4, 0.5) is 11.4 Å². The van der Waals surface area contributed by atoms with Crippen molar-refractivity contribution in [3.8, 4) is 0 Å². The highest BCUT2D eigenvalue weighted by Crippen LogP contribution is 2.33. The average molecular weight is 243 g/mol. The van der Waals surface area contributed by atoms with Crippen LogP contribution in [0.25, 0.3) is 0 Å². The van der Waals surface area contributed by atoms with Crippen molar-refractivity contribution in [1.82, 2.24) is 0 Å². The van der Waals surface area contributed by atoms with Gasteiger partial charge in [0, 0.05) is 24.1 Å². The van der Waals surface area contributed by atoms with Crippen molar-refractivity contribution in [2.45, 2.75) is 13.0 Å². The van der Waals surface area contributed by atoms with Gasteiger partial charge in [-0.05, 0) is 19.1 Å². The summed E-state index contributed by atoms with van der Waals surface area (Å²) in [6.07, 6.45) is 0. The first-order chi connectivity index (χ1) is 7.20. The summed E-state index contributed by atoms with van der Waals surface area (Å²) in [5.74, 6) is 2.32. The maximum atomic E-state index is 6.02. The van der Waals surface area contributed by atoms with E-state index in [2.05, 4.69) is 11.8 Å². The molecule has 1 saturated heterocycles. The number of benzene rings is 1. The fourth-order valence-electron chi connectivity index (χ4n) is 1.86. The summed E-state index contributed by atoms with van der Waals surface area (Å²) in [5, 5.41) is 0.651. The first-order valence-corrected chi connectivity index (χ1v) is 6.62. The molecule has 2 nitrogen and oxygen atoms in total. The molecule has 4 heteroatoms. The summed E-state index contributed by atoms with van der Waals surface area (Å²) < 4.78 is 0. The predicted octanol–water partition coefficient (Wildman–Crippen LogP) is 2.86. The van der Waals surface area contributed by atoms with Gasteiger partial charge in [0.25, 0.3) is 0 Å². The molecule has 82 valence electrons. The third-order valence-electron chi connectivity index (χ3n) is 2.71. The molecule has 1 atom stereocenters. The fourth-order valence-corrected chi connectivity index (χ4v) is 3.04. The van der Waals surface area contributed by atoms with Crippen LogP contribution in [0.2, 0.25) is 5.02 Å². The van der Waals surface area contributed by atoms with Crippen molar-refractivity contribution in [3.63, 3.8) is 0 Å². The Labute approximate surface area is 99.8 Å². The molecule has 0 radical (unpaired) electrons. The minimum Gasteiger partial charge on any atom is -0.396 e. The van der Waals surface area contributed by atoms with Crippen LogP contribution in [0.5, 0.6) is 0 Å². The van der Waals surface area contributed by atoms with Gasteiger partial charge >= 0.3 is 0 Å². The van der Waals surface area contributed by atoms with Crippen molar-refractivity contribution in [2.24, 2.45) is 0 Å². The van der Waals surface area contributed by atoms with Crippen LogP contribution in [-0.2, 0) is 0 Å². The molecule has 0 bridgehead atoms. The summed E-state index contributed by atoms with van der Waals surface area (Å²) in [6.45, 7) is 3.28. The molecule has 1 aliphatic rings. The molecule has 0 spiro atoms. The largest absolute Gasteiger partial charge is 0.396 e. The fraction of sp³-hybridized carbons (Fsp3) is 0.455. The van der Waals surface area contributed by atoms with Crippen molar-refractivity contribution >= 4 is 34.7 Å². The van der Waals surface area contributed by atoms with Crippen LogP contribution in [0.3, 0.4) is 0 Å². The van der Waals surface area contributed by atoms with Crippen LogP contribution in [-0.4, -0.2) is 24.1 Å². The zero-order chi connectivity index (χ0) is 10.8. The Morgan fingerprint density at radius 1 is 1.53 bits per heavy atom. The van der Waals surface area contributed by atoms with Crippen molar-refractivity contribution in [2.75, 3.05) is 28.7 Å². The van der Waals surface area contributed by atoms with Gasteiger partial charge in [0.15, 0.2) is 0 Å². The third kappa shape index (κ3) is 2.18. The van der Waals surface area contributed by atoms with Gasteiger partial charge in [-0.3, -0.25) is 0 Å². The molecule has 2 N–H and O–H groups in total. The van der Waals surface area contributed by atoms with Gasteiger partial charge in [-0.2, -0.15) is 11.8 Å². The molecule has 1 fully saturated rings. The Kier molecular flexibility index (Phi) is 3.32. The third-order valence-corrected chi connectivity index (χ3v) is 4.23. The Morgan fingerprint density at radius 3 is 3.07 bits per heavy atom. The lowest BCUT2D eigenvalue weighted by atomic mass is 10.2. The number of rotatable bonds is 1. The van der Waals surface area contributed by atoms with E-state index in [4.69, 9.17) is 17.3 Å². The van der Waals surface area contributed by atoms with Crippen LogP contribution in [0, 0.1) is 0 Å². The van der Waals surface area contributed by atoms with Gasteiger partial charge in [-0.1, -0.05) is 17.7 Å². The maximum absolute atomic E-state index is 6.02. The van der Waals surface area contributed by atoms with Gasteiger partial charge in [0.05, 0.1) is 16.4 Å². The van der Waals surface area contributed by atoms with Gasteiger partial charge in [-0.25, -0.2) is 0 Å². The van der Waals surface area contributed by atoms with E-state index in [0.717, 1.165) is 23.7 Å². The van der Waals surface area contributed by atoms with E-state index < -0.39 is 0 Å². The normalized spacial score (nSPS) is 21.7. The zero-order valence-corrected chi connectivity index (χ0v) is 10.3. The van der Waals surface area contributed by atoms with Crippen LogP contribution < -0.4 is 10.6 Å². The molecule has 0 aliphatic carbocycles. The number of anilines is 2. The molecule has 0 saturated carbocycles. The first-order valence-electron chi connectivity index (χ1n) is 5.08. The number of nitrogens with two attached hydrogens (primary N) is 1. The van der Waals surface area contributed by atoms with Crippen LogP contribution in [0.15, 0.2) is 18.2 Å². The lowest BCUT2D eigenvalue weighted by molar-refractivity contribution is 0.701. The standard InChI is InChI=1S/C11H15ClN2S/c1-8-7-15-6-5-14(8)10-4-2-3-9(12)11(10)13/h2-4,8H,5-7,13H2,1H3. The number of halogens is 1. The van der Waals surface area contributed by atoms with E-state index in [1.807, 2.05) is 30.0 Å². The quantitative estimate of drug-likeness (QED) is 0.768. The summed E-state index contributed by atoms with van der Waals surface area (Å²) >= 11 is 8.02.